The van der Waals surface area contributed by atoms with E-state index in [1.165, 1.54) is 0 Å². The average Bonchev–Trinajstić information content (AvgIpc) is 2.59. The van der Waals surface area contributed by atoms with E-state index in [4.69, 9.17) is 19.7 Å². The predicted molar refractivity (Wildman–Crippen MR) is 106 cm³/mol. The minimum atomic E-state index is 0.0221. The van der Waals surface area contributed by atoms with Crippen molar-refractivity contribution in [1.82, 2.24) is 0 Å². The summed E-state index contributed by atoms with van der Waals surface area (Å²) in [6.45, 7) is 2.90. The molecule has 0 heterocycles. The summed E-state index contributed by atoms with van der Waals surface area (Å²) in [6, 6.07) is 0. The van der Waals surface area contributed by atoms with Crippen LogP contribution in [0.5, 0.6) is 0 Å². The Balaban J connectivity index is 4.68. The van der Waals surface area contributed by atoms with Gasteiger partial charge in [-0.15, -0.1) is 0 Å². The molecule has 0 rings (SSSR count). The van der Waals surface area contributed by atoms with E-state index in [0.29, 0.717) is 31.0 Å². The van der Waals surface area contributed by atoms with Crippen LogP contribution in [0.25, 0.3) is 0 Å². The Hall–Kier alpha value is -0.560. The van der Waals surface area contributed by atoms with Crippen molar-refractivity contribution < 1.29 is 19.7 Å². The van der Waals surface area contributed by atoms with Crippen LogP contribution in [-0.4, -0.2) is 36.6 Å². The maximum Gasteiger partial charge on any atom is 0.110 e. The standard InChI is InChI=1S/C18H28Br2O4/c1-16(17(6-8-19)4-2-12-23-14-10-21)18(7-9-20)5-3-13-24-15-11-22/h2-3,6-9,12-13,16-18,21-22H,4-5,10-11,14-15H2,1H3/b8-6+,9-7+,12-2+,13-3+. The molecule has 0 aromatic heterocycles. The largest absolute Gasteiger partial charge is 0.499 e. The van der Waals surface area contributed by atoms with Crippen LogP contribution in [0, 0.1) is 17.8 Å². The molecule has 0 fully saturated rings. The maximum atomic E-state index is 8.70. The molecule has 0 bridgehead atoms. The van der Waals surface area contributed by atoms with Crippen molar-refractivity contribution >= 4 is 31.9 Å². The second-order valence-corrected chi connectivity index (χ2v) is 6.28. The van der Waals surface area contributed by atoms with E-state index in [2.05, 4.69) is 50.9 Å². The first kappa shape index (κ1) is 23.4. The number of ether oxygens (including phenoxy) is 2. The molecule has 2 N–H and O–H groups in total. The lowest BCUT2D eigenvalue weighted by Crippen LogP contribution is -2.17. The minimum absolute atomic E-state index is 0.0221. The molecule has 2 atom stereocenters. The van der Waals surface area contributed by atoms with Crippen molar-refractivity contribution in [3.63, 3.8) is 0 Å². The van der Waals surface area contributed by atoms with Gasteiger partial charge < -0.3 is 19.7 Å². The van der Waals surface area contributed by atoms with Crippen LogP contribution < -0.4 is 0 Å². The fourth-order valence-electron chi connectivity index (χ4n) is 2.24. The highest BCUT2D eigenvalue weighted by atomic mass is 79.9. The van der Waals surface area contributed by atoms with E-state index in [9.17, 15) is 0 Å². The van der Waals surface area contributed by atoms with Gasteiger partial charge in [0.15, 0.2) is 0 Å². The Bertz CT molecular complexity index is 358. The summed E-state index contributed by atoms with van der Waals surface area (Å²) in [5.74, 6) is 1.09. The van der Waals surface area contributed by atoms with Gasteiger partial charge in [-0.3, -0.25) is 0 Å². The van der Waals surface area contributed by atoms with E-state index < -0.39 is 0 Å². The van der Waals surface area contributed by atoms with Crippen molar-refractivity contribution in [1.29, 1.82) is 0 Å². The van der Waals surface area contributed by atoms with Crippen LogP contribution in [0.1, 0.15) is 19.8 Å². The Morgan fingerprint density at radius 1 is 0.833 bits per heavy atom. The van der Waals surface area contributed by atoms with E-state index in [1.807, 2.05) is 22.1 Å². The summed E-state index contributed by atoms with van der Waals surface area (Å²) < 4.78 is 10.3. The van der Waals surface area contributed by atoms with Crippen LogP contribution >= 0.6 is 31.9 Å². The molecule has 2 unspecified atom stereocenters. The molecule has 4 nitrogen and oxygen atoms in total. The molecule has 0 saturated carbocycles. The Kier molecular flexibility index (Phi) is 16.9. The Morgan fingerprint density at radius 3 is 1.58 bits per heavy atom. The van der Waals surface area contributed by atoms with Gasteiger partial charge in [0.25, 0.3) is 0 Å². The summed E-state index contributed by atoms with van der Waals surface area (Å²) in [6.07, 6.45) is 13.3. The number of aliphatic hydroxyl groups excluding tert-OH is 2. The van der Waals surface area contributed by atoms with E-state index in [0.717, 1.165) is 12.8 Å². The van der Waals surface area contributed by atoms with Gasteiger partial charge in [-0.05, 0) is 52.7 Å². The van der Waals surface area contributed by atoms with Gasteiger partial charge in [0.05, 0.1) is 25.7 Å². The van der Waals surface area contributed by atoms with Crippen LogP contribution in [0.3, 0.4) is 0 Å². The number of allylic oxidation sites excluding steroid dienone is 4. The third kappa shape index (κ3) is 11.9. The molecular formula is C18H28Br2O4. The fraction of sp³-hybridized carbons (Fsp3) is 0.556. The summed E-state index contributed by atoms with van der Waals surface area (Å²) in [5, 5.41) is 17.4. The zero-order valence-corrected chi connectivity index (χ0v) is 17.2. The average molecular weight is 468 g/mol. The smallest absolute Gasteiger partial charge is 0.110 e. The summed E-state index contributed by atoms with van der Waals surface area (Å²) in [5.41, 5.74) is 0. The number of hydrogen-bond acceptors (Lipinski definition) is 4. The Labute approximate surface area is 162 Å². The van der Waals surface area contributed by atoms with Gasteiger partial charge in [0, 0.05) is 0 Å². The van der Waals surface area contributed by atoms with Crippen molar-refractivity contribution in [2.45, 2.75) is 19.8 Å². The van der Waals surface area contributed by atoms with Crippen molar-refractivity contribution in [2.75, 3.05) is 26.4 Å². The summed E-state index contributed by atoms with van der Waals surface area (Å²) in [4.78, 5) is 3.79. The topological polar surface area (TPSA) is 58.9 Å². The van der Waals surface area contributed by atoms with Crippen molar-refractivity contribution in [2.24, 2.45) is 17.8 Å². The zero-order chi connectivity index (χ0) is 18.0. The molecule has 138 valence electrons. The molecule has 0 aromatic rings. The third-order valence-electron chi connectivity index (χ3n) is 3.61. The van der Waals surface area contributed by atoms with Gasteiger partial charge in [-0.25, -0.2) is 0 Å². The second kappa shape index (κ2) is 17.3. The minimum Gasteiger partial charge on any atom is -0.499 e. The third-order valence-corrected chi connectivity index (χ3v) is 4.22. The number of aliphatic hydroxyl groups is 2. The molecule has 0 aliphatic rings. The molecule has 0 spiro atoms. The molecule has 0 saturated heterocycles. The van der Waals surface area contributed by atoms with Gasteiger partial charge in [-0.1, -0.05) is 50.9 Å². The highest BCUT2D eigenvalue weighted by Crippen LogP contribution is 2.30. The summed E-state index contributed by atoms with van der Waals surface area (Å²) in [7, 11) is 0. The van der Waals surface area contributed by atoms with E-state index in [1.54, 1.807) is 12.5 Å². The quantitative estimate of drug-likeness (QED) is 0.291. The van der Waals surface area contributed by atoms with Crippen molar-refractivity contribution in [3.05, 3.63) is 46.8 Å². The second-order valence-electron chi connectivity index (χ2n) is 5.23. The van der Waals surface area contributed by atoms with Crippen LogP contribution in [0.4, 0.5) is 0 Å². The summed E-state index contributed by atoms with van der Waals surface area (Å²) >= 11 is 6.74. The molecule has 0 radical (unpaired) electrons. The van der Waals surface area contributed by atoms with E-state index in [-0.39, 0.29) is 13.2 Å². The molecule has 0 aromatic carbocycles. The first-order chi connectivity index (χ1) is 11.7. The Morgan fingerprint density at radius 2 is 1.25 bits per heavy atom. The van der Waals surface area contributed by atoms with Gasteiger partial charge >= 0.3 is 0 Å². The van der Waals surface area contributed by atoms with Crippen LogP contribution in [-0.2, 0) is 9.47 Å². The van der Waals surface area contributed by atoms with Crippen LogP contribution in [0.2, 0.25) is 0 Å². The lowest BCUT2D eigenvalue weighted by Gasteiger charge is -2.26. The fourth-order valence-corrected chi connectivity index (χ4v) is 3.03. The SMILES string of the molecule is CC(C(/C=C/Br)C/C=C/OCCO)C(/C=C/Br)C/C=C/OCCO. The van der Waals surface area contributed by atoms with Gasteiger partial charge in [0.2, 0.25) is 0 Å². The zero-order valence-electron chi connectivity index (χ0n) is 14.1. The molecule has 0 aliphatic carbocycles. The first-order valence-corrected chi connectivity index (χ1v) is 9.83. The molecule has 24 heavy (non-hydrogen) atoms. The lowest BCUT2D eigenvalue weighted by atomic mass is 9.79. The molecule has 0 aliphatic heterocycles. The number of rotatable bonds is 14. The van der Waals surface area contributed by atoms with Crippen LogP contribution in [0.15, 0.2) is 46.8 Å². The van der Waals surface area contributed by atoms with E-state index >= 15 is 0 Å². The highest BCUT2D eigenvalue weighted by Gasteiger charge is 2.20. The normalized spacial score (nSPS) is 16.4. The highest BCUT2D eigenvalue weighted by molar-refractivity contribution is 9.11. The monoisotopic (exact) mass is 466 g/mol. The first-order valence-electron chi connectivity index (χ1n) is 7.99. The van der Waals surface area contributed by atoms with Crippen molar-refractivity contribution in [3.8, 4) is 0 Å². The molecule has 0 amide bonds. The molecule has 6 heteroatoms. The lowest BCUT2D eigenvalue weighted by molar-refractivity contribution is 0.164. The molecular weight excluding hydrogens is 440 g/mol. The van der Waals surface area contributed by atoms with Gasteiger partial charge in [0.1, 0.15) is 13.2 Å². The predicted octanol–water partition coefficient (Wildman–Crippen LogP) is 4.50. The number of hydrogen-bond donors (Lipinski definition) is 2. The number of halogens is 2. The van der Waals surface area contributed by atoms with Gasteiger partial charge in [-0.2, -0.15) is 0 Å². The maximum absolute atomic E-state index is 8.70.